The summed E-state index contributed by atoms with van der Waals surface area (Å²) in [6.07, 6.45) is 2.58. The number of aliphatic hydroxyl groups excluding tert-OH is 1. The third-order valence-corrected chi connectivity index (χ3v) is 4.66. The van der Waals surface area contributed by atoms with Crippen molar-refractivity contribution in [2.24, 2.45) is 0 Å². The normalized spacial score (nSPS) is 12.3. The van der Waals surface area contributed by atoms with Gasteiger partial charge in [-0.05, 0) is 19.1 Å². The van der Waals surface area contributed by atoms with Crippen molar-refractivity contribution in [1.82, 2.24) is 4.98 Å². The summed E-state index contributed by atoms with van der Waals surface area (Å²) in [6, 6.07) is 5.01. The summed E-state index contributed by atoms with van der Waals surface area (Å²) in [4.78, 5) is 15.9. The molecule has 18 heavy (non-hydrogen) atoms. The van der Waals surface area contributed by atoms with E-state index in [9.17, 15) is 15.2 Å². The maximum absolute atomic E-state index is 11.0. The first kappa shape index (κ1) is 13.0. The van der Waals surface area contributed by atoms with E-state index in [1.165, 1.54) is 29.2 Å². The van der Waals surface area contributed by atoms with Gasteiger partial charge in [0.2, 0.25) is 0 Å². The Bertz CT molecular complexity index is 555. The van der Waals surface area contributed by atoms with Crippen LogP contribution >= 0.6 is 23.1 Å². The number of rotatable bonds is 4. The molecule has 2 aromatic heterocycles. The van der Waals surface area contributed by atoms with Crippen LogP contribution in [0.1, 0.15) is 17.9 Å². The molecule has 2 heterocycles. The predicted octanol–water partition coefficient (Wildman–Crippen LogP) is 3.26. The first-order valence-corrected chi connectivity index (χ1v) is 6.75. The van der Waals surface area contributed by atoms with E-state index in [0.29, 0.717) is 9.09 Å². The molecule has 7 heteroatoms. The van der Waals surface area contributed by atoms with Gasteiger partial charge in [0, 0.05) is 28.2 Å². The Labute approximate surface area is 112 Å². The lowest BCUT2D eigenvalue weighted by Gasteiger charge is -1.98. The fourth-order valence-electron chi connectivity index (χ4n) is 1.30. The topological polar surface area (TPSA) is 76.3 Å². The van der Waals surface area contributed by atoms with Gasteiger partial charge >= 0.3 is 0 Å². The molecule has 0 fully saturated rings. The average molecular weight is 282 g/mol. The summed E-state index contributed by atoms with van der Waals surface area (Å²) in [6.45, 7) is 1.59. The minimum Gasteiger partial charge on any atom is -0.388 e. The molecule has 0 saturated heterocycles. The fourth-order valence-corrected chi connectivity index (χ4v) is 3.55. The molecule has 0 aliphatic carbocycles. The molecular weight excluding hydrogens is 272 g/mol. The predicted molar refractivity (Wildman–Crippen MR) is 70.0 cm³/mol. The van der Waals surface area contributed by atoms with Gasteiger partial charge < -0.3 is 5.11 Å². The van der Waals surface area contributed by atoms with E-state index in [2.05, 4.69) is 4.98 Å². The second-order valence-corrected chi connectivity index (χ2v) is 5.97. The molecule has 2 aromatic rings. The third kappa shape index (κ3) is 2.87. The van der Waals surface area contributed by atoms with Crippen LogP contribution in [-0.4, -0.2) is 15.0 Å². The van der Waals surface area contributed by atoms with Crippen LogP contribution < -0.4 is 0 Å². The minimum absolute atomic E-state index is 0.0395. The van der Waals surface area contributed by atoms with Gasteiger partial charge in [-0.2, -0.15) is 0 Å². The van der Waals surface area contributed by atoms with Gasteiger partial charge in [0.15, 0.2) is 0 Å². The fraction of sp³-hybridized carbons (Fsp3) is 0.182. The van der Waals surface area contributed by atoms with Crippen LogP contribution in [0.15, 0.2) is 39.7 Å². The molecule has 0 radical (unpaired) electrons. The smallest absolute Gasteiger partial charge is 0.294 e. The zero-order chi connectivity index (χ0) is 13.1. The molecule has 2 rings (SSSR count). The third-order valence-electron chi connectivity index (χ3n) is 2.17. The van der Waals surface area contributed by atoms with Crippen LogP contribution in [0, 0.1) is 10.1 Å². The van der Waals surface area contributed by atoms with Crippen molar-refractivity contribution in [3.05, 3.63) is 45.6 Å². The maximum Gasteiger partial charge on any atom is 0.294 e. The highest BCUT2D eigenvalue weighted by atomic mass is 32.2. The highest BCUT2D eigenvalue weighted by molar-refractivity contribution is 8.01. The number of hydrogen-bond donors (Lipinski definition) is 1. The number of aromatic nitrogens is 1. The molecule has 0 bridgehead atoms. The molecule has 0 amide bonds. The molecule has 5 nitrogen and oxygen atoms in total. The van der Waals surface area contributed by atoms with E-state index >= 15 is 0 Å². The molecule has 94 valence electrons. The number of nitro groups is 1. The number of aliphatic hydroxyl groups is 1. The first-order valence-electron chi connectivity index (χ1n) is 5.12. The van der Waals surface area contributed by atoms with Gasteiger partial charge in [0.1, 0.15) is 4.21 Å². The van der Waals surface area contributed by atoms with E-state index in [1.54, 1.807) is 31.5 Å². The van der Waals surface area contributed by atoms with E-state index in [4.69, 9.17) is 0 Å². The molecule has 0 spiro atoms. The van der Waals surface area contributed by atoms with Crippen molar-refractivity contribution in [1.29, 1.82) is 0 Å². The Hall–Kier alpha value is -1.44. The van der Waals surface area contributed by atoms with Crippen molar-refractivity contribution in [2.45, 2.75) is 22.1 Å². The van der Waals surface area contributed by atoms with Crippen LogP contribution in [0.5, 0.6) is 0 Å². The molecule has 0 aliphatic rings. The van der Waals surface area contributed by atoms with Gasteiger partial charge in [-0.15, -0.1) is 11.3 Å². The van der Waals surface area contributed by atoms with E-state index in [0.717, 1.165) is 4.90 Å². The summed E-state index contributed by atoms with van der Waals surface area (Å²) in [7, 11) is 0. The highest BCUT2D eigenvalue weighted by Gasteiger charge is 2.21. The molecule has 1 unspecified atom stereocenters. The van der Waals surface area contributed by atoms with Gasteiger partial charge in [0.05, 0.1) is 11.0 Å². The quantitative estimate of drug-likeness (QED) is 0.688. The van der Waals surface area contributed by atoms with Gasteiger partial charge in [-0.25, -0.2) is 0 Å². The van der Waals surface area contributed by atoms with Crippen molar-refractivity contribution in [3.8, 4) is 0 Å². The van der Waals surface area contributed by atoms with Crippen LogP contribution in [0.4, 0.5) is 5.69 Å². The van der Waals surface area contributed by atoms with E-state index in [1.807, 2.05) is 0 Å². The largest absolute Gasteiger partial charge is 0.388 e. The van der Waals surface area contributed by atoms with Crippen LogP contribution in [-0.2, 0) is 0 Å². The number of thiophene rings is 1. The van der Waals surface area contributed by atoms with Gasteiger partial charge in [-0.1, -0.05) is 11.8 Å². The Balaban J connectivity index is 2.34. The first-order chi connectivity index (χ1) is 8.58. The zero-order valence-electron chi connectivity index (χ0n) is 9.44. The SMILES string of the molecule is CC(O)c1cc([N+](=O)[O-])c(Sc2ccncc2)s1. The summed E-state index contributed by atoms with van der Waals surface area (Å²) < 4.78 is 0.571. The molecule has 0 aliphatic heterocycles. The zero-order valence-corrected chi connectivity index (χ0v) is 11.1. The average Bonchev–Trinajstić information content (AvgIpc) is 2.74. The Kier molecular flexibility index (Phi) is 3.95. The molecular formula is C11H10N2O3S2. The second kappa shape index (κ2) is 5.47. The maximum atomic E-state index is 11.0. The Morgan fingerprint density at radius 2 is 2.17 bits per heavy atom. The van der Waals surface area contributed by atoms with Gasteiger partial charge in [-0.3, -0.25) is 15.1 Å². The Morgan fingerprint density at radius 3 is 2.72 bits per heavy atom. The summed E-state index contributed by atoms with van der Waals surface area (Å²) in [5, 5.41) is 20.4. The molecule has 1 N–H and O–H groups in total. The molecule has 0 aromatic carbocycles. The summed E-state index contributed by atoms with van der Waals surface area (Å²) >= 11 is 2.55. The second-order valence-electron chi connectivity index (χ2n) is 3.54. The van der Waals surface area contributed by atoms with Gasteiger partial charge in [0.25, 0.3) is 5.69 Å². The Morgan fingerprint density at radius 1 is 1.50 bits per heavy atom. The summed E-state index contributed by atoms with van der Waals surface area (Å²) in [5.74, 6) is 0. The minimum atomic E-state index is -0.694. The number of nitrogens with zero attached hydrogens (tertiary/aromatic N) is 2. The van der Waals surface area contributed by atoms with Crippen molar-refractivity contribution in [2.75, 3.05) is 0 Å². The molecule has 0 saturated carbocycles. The lowest BCUT2D eigenvalue weighted by atomic mass is 10.3. The molecule has 1 atom stereocenters. The van der Waals surface area contributed by atoms with Crippen molar-refractivity contribution < 1.29 is 10.0 Å². The van der Waals surface area contributed by atoms with Crippen LogP contribution in [0.3, 0.4) is 0 Å². The monoisotopic (exact) mass is 282 g/mol. The lowest BCUT2D eigenvalue weighted by Crippen LogP contribution is -1.87. The van der Waals surface area contributed by atoms with Crippen molar-refractivity contribution in [3.63, 3.8) is 0 Å². The van der Waals surface area contributed by atoms with Crippen LogP contribution in [0.2, 0.25) is 0 Å². The summed E-state index contributed by atoms with van der Waals surface area (Å²) in [5.41, 5.74) is 0.0395. The highest BCUT2D eigenvalue weighted by Crippen LogP contribution is 2.42. The number of pyridine rings is 1. The van der Waals surface area contributed by atoms with E-state index < -0.39 is 11.0 Å². The van der Waals surface area contributed by atoms with Crippen LogP contribution in [0.25, 0.3) is 0 Å². The number of hydrogen-bond acceptors (Lipinski definition) is 6. The lowest BCUT2D eigenvalue weighted by molar-refractivity contribution is -0.387. The van der Waals surface area contributed by atoms with E-state index in [-0.39, 0.29) is 5.69 Å². The van der Waals surface area contributed by atoms with Crippen molar-refractivity contribution >= 4 is 28.8 Å². The standard InChI is InChI=1S/C11H10N2O3S2/c1-7(14)10-6-9(13(15)16)11(18-10)17-8-2-4-12-5-3-8/h2-7,14H,1H3.